The Balaban J connectivity index is 1.47. The van der Waals surface area contributed by atoms with Gasteiger partial charge in [-0.1, -0.05) is 0 Å². The fourth-order valence-corrected chi connectivity index (χ4v) is 2.91. The van der Waals surface area contributed by atoms with E-state index in [1.165, 1.54) is 0 Å². The minimum absolute atomic E-state index is 0.556. The number of piperazine rings is 1. The quantitative estimate of drug-likeness (QED) is 0.839. The molecule has 1 saturated heterocycles. The third-order valence-corrected chi connectivity index (χ3v) is 4.25. The van der Waals surface area contributed by atoms with Crippen molar-refractivity contribution in [2.24, 2.45) is 0 Å². The predicted octanol–water partition coefficient (Wildman–Crippen LogP) is 1.27. The molecule has 1 fully saturated rings. The lowest BCUT2D eigenvalue weighted by Gasteiger charge is -2.33. The lowest BCUT2D eigenvalue weighted by atomic mass is 10.2. The number of hydrogen-bond acceptors (Lipinski definition) is 7. The van der Waals surface area contributed by atoms with Gasteiger partial charge in [-0.15, -0.1) is 0 Å². The number of nitrogens with zero attached hydrogens (tertiary/aromatic N) is 4. The van der Waals surface area contributed by atoms with E-state index in [2.05, 4.69) is 20.2 Å². The van der Waals surface area contributed by atoms with Gasteiger partial charge in [0.15, 0.2) is 11.5 Å². The Morgan fingerprint density at radius 2 is 1.80 bits per heavy atom. The fraction of sp³-hybridized carbons (Fsp3) is 0.353. The maximum Gasteiger partial charge on any atom is 0.209 e. The van der Waals surface area contributed by atoms with Crippen molar-refractivity contribution in [1.82, 2.24) is 14.9 Å². The number of anilines is 3. The number of carbonyl (C=O) groups excluding carboxylic acids is 1. The molecule has 0 aliphatic carbocycles. The number of ether oxygens (including phenoxy) is 2. The van der Waals surface area contributed by atoms with Crippen molar-refractivity contribution in [3.05, 3.63) is 30.6 Å². The highest BCUT2D eigenvalue weighted by atomic mass is 16.6. The summed E-state index contributed by atoms with van der Waals surface area (Å²) in [6.07, 6.45) is 2.44. The summed E-state index contributed by atoms with van der Waals surface area (Å²) in [5, 5.41) is 3.27. The van der Waals surface area contributed by atoms with Gasteiger partial charge in [-0.05, 0) is 12.1 Å². The molecule has 2 aliphatic rings. The zero-order valence-corrected chi connectivity index (χ0v) is 13.7. The monoisotopic (exact) mass is 341 g/mol. The summed E-state index contributed by atoms with van der Waals surface area (Å²) in [4.78, 5) is 23.4. The number of fused-ring (bicyclic) bond motifs is 1. The van der Waals surface area contributed by atoms with Crippen LogP contribution in [0, 0.1) is 0 Å². The molecule has 2 aromatic rings. The summed E-state index contributed by atoms with van der Waals surface area (Å²) in [6, 6.07) is 7.63. The normalized spacial score (nSPS) is 16.5. The van der Waals surface area contributed by atoms with Crippen LogP contribution in [0.3, 0.4) is 0 Å². The Bertz CT molecular complexity index is 762. The molecule has 2 aliphatic heterocycles. The van der Waals surface area contributed by atoms with Crippen molar-refractivity contribution in [3.63, 3.8) is 0 Å². The van der Waals surface area contributed by atoms with Gasteiger partial charge in [-0.25, -0.2) is 9.97 Å². The van der Waals surface area contributed by atoms with Crippen LogP contribution in [0.1, 0.15) is 0 Å². The van der Waals surface area contributed by atoms with Crippen LogP contribution in [0.25, 0.3) is 0 Å². The van der Waals surface area contributed by atoms with Crippen LogP contribution in [0.5, 0.6) is 11.5 Å². The second kappa shape index (κ2) is 6.84. The first-order valence-corrected chi connectivity index (χ1v) is 8.25. The molecular formula is C17H19N5O3. The molecule has 25 heavy (non-hydrogen) atoms. The molecule has 8 heteroatoms. The second-order valence-corrected chi connectivity index (χ2v) is 5.87. The van der Waals surface area contributed by atoms with Crippen LogP contribution < -0.4 is 19.7 Å². The molecule has 0 spiro atoms. The molecule has 3 heterocycles. The van der Waals surface area contributed by atoms with E-state index in [4.69, 9.17) is 9.47 Å². The van der Waals surface area contributed by atoms with E-state index in [-0.39, 0.29) is 0 Å². The third kappa shape index (κ3) is 3.42. The topological polar surface area (TPSA) is 79.8 Å². The van der Waals surface area contributed by atoms with Gasteiger partial charge in [0.05, 0.1) is 0 Å². The molecule has 0 saturated carbocycles. The van der Waals surface area contributed by atoms with E-state index in [0.29, 0.717) is 32.1 Å². The zero-order valence-electron chi connectivity index (χ0n) is 13.7. The lowest BCUT2D eigenvalue weighted by molar-refractivity contribution is -0.118. The third-order valence-electron chi connectivity index (χ3n) is 4.25. The Hall–Kier alpha value is -3.03. The van der Waals surface area contributed by atoms with Gasteiger partial charge < -0.3 is 24.6 Å². The fourth-order valence-electron chi connectivity index (χ4n) is 2.91. The van der Waals surface area contributed by atoms with Crippen molar-refractivity contribution in [1.29, 1.82) is 0 Å². The van der Waals surface area contributed by atoms with Crippen molar-refractivity contribution < 1.29 is 14.3 Å². The highest BCUT2D eigenvalue weighted by Crippen LogP contribution is 2.33. The standard InChI is InChI=1S/C17H19N5O3/c23-12-21-3-5-22(6-4-21)17-10-16(18-11-19-17)20-13-1-2-14-15(9-13)25-8-7-24-14/h1-2,9-12H,3-8H2,(H,18,19,20). The van der Waals surface area contributed by atoms with Gasteiger partial charge >= 0.3 is 0 Å². The first kappa shape index (κ1) is 15.5. The number of benzene rings is 1. The van der Waals surface area contributed by atoms with Gasteiger partial charge in [0.2, 0.25) is 6.41 Å². The van der Waals surface area contributed by atoms with Crippen LogP contribution in [0.2, 0.25) is 0 Å². The minimum Gasteiger partial charge on any atom is -0.486 e. The molecule has 0 atom stereocenters. The average Bonchev–Trinajstić information content (AvgIpc) is 2.68. The Kier molecular flexibility index (Phi) is 4.24. The zero-order chi connectivity index (χ0) is 17.1. The van der Waals surface area contributed by atoms with Crippen molar-refractivity contribution >= 4 is 23.7 Å². The molecule has 1 aromatic carbocycles. The highest BCUT2D eigenvalue weighted by molar-refractivity contribution is 5.63. The van der Waals surface area contributed by atoms with Gasteiger partial charge in [0.1, 0.15) is 31.2 Å². The number of carbonyl (C=O) groups is 1. The molecule has 4 rings (SSSR count). The van der Waals surface area contributed by atoms with Gasteiger partial charge in [-0.3, -0.25) is 4.79 Å². The summed E-state index contributed by atoms with van der Waals surface area (Å²) < 4.78 is 11.1. The van der Waals surface area contributed by atoms with E-state index >= 15 is 0 Å². The van der Waals surface area contributed by atoms with Crippen molar-refractivity contribution in [2.75, 3.05) is 49.6 Å². The van der Waals surface area contributed by atoms with Crippen LogP contribution in [-0.2, 0) is 4.79 Å². The summed E-state index contributed by atoms with van der Waals surface area (Å²) >= 11 is 0. The van der Waals surface area contributed by atoms with Crippen LogP contribution in [0.4, 0.5) is 17.3 Å². The van der Waals surface area contributed by atoms with Gasteiger partial charge in [0, 0.05) is 44.0 Å². The molecule has 1 aromatic heterocycles. The van der Waals surface area contributed by atoms with Gasteiger partial charge in [0.25, 0.3) is 0 Å². The number of rotatable bonds is 4. The van der Waals surface area contributed by atoms with Crippen LogP contribution in [0.15, 0.2) is 30.6 Å². The molecule has 1 amide bonds. The van der Waals surface area contributed by atoms with Crippen LogP contribution in [-0.4, -0.2) is 60.7 Å². The first-order valence-electron chi connectivity index (χ1n) is 8.25. The second-order valence-electron chi connectivity index (χ2n) is 5.87. The molecule has 0 unspecified atom stereocenters. The Morgan fingerprint density at radius 3 is 2.60 bits per heavy atom. The SMILES string of the molecule is O=CN1CCN(c2cc(Nc3ccc4c(c3)OCCO4)ncn2)CC1. The van der Waals surface area contributed by atoms with Crippen LogP contribution >= 0.6 is 0 Å². The number of aromatic nitrogens is 2. The maximum atomic E-state index is 10.8. The molecular weight excluding hydrogens is 322 g/mol. The summed E-state index contributed by atoms with van der Waals surface area (Å²) in [6.45, 7) is 4.07. The summed E-state index contributed by atoms with van der Waals surface area (Å²) in [7, 11) is 0. The summed E-state index contributed by atoms with van der Waals surface area (Å²) in [5.74, 6) is 3.05. The molecule has 130 valence electrons. The number of hydrogen-bond donors (Lipinski definition) is 1. The van der Waals surface area contributed by atoms with Gasteiger partial charge in [-0.2, -0.15) is 0 Å². The molecule has 8 nitrogen and oxygen atoms in total. The number of amides is 1. The highest BCUT2D eigenvalue weighted by Gasteiger charge is 2.17. The van der Waals surface area contributed by atoms with E-state index in [9.17, 15) is 4.79 Å². The van der Waals surface area contributed by atoms with Crippen molar-refractivity contribution in [2.45, 2.75) is 0 Å². The smallest absolute Gasteiger partial charge is 0.209 e. The minimum atomic E-state index is 0.556. The average molecular weight is 341 g/mol. The number of nitrogens with one attached hydrogen (secondary N) is 1. The Labute approximate surface area is 145 Å². The summed E-state index contributed by atoms with van der Waals surface area (Å²) in [5.41, 5.74) is 0.875. The van der Waals surface area contributed by atoms with E-state index < -0.39 is 0 Å². The predicted molar refractivity (Wildman–Crippen MR) is 92.6 cm³/mol. The van der Waals surface area contributed by atoms with E-state index in [1.807, 2.05) is 24.3 Å². The Morgan fingerprint density at radius 1 is 1.00 bits per heavy atom. The van der Waals surface area contributed by atoms with E-state index in [0.717, 1.165) is 42.5 Å². The largest absolute Gasteiger partial charge is 0.486 e. The lowest BCUT2D eigenvalue weighted by Crippen LogP contribution is -2.46. The van der Waals surface area contributed by atoms with E-state index in [1.54, 1.807) is 11.2 Å². The molecule has 1 N–H and O–H groups in total. The van der Waals surface area contributed by atoms with Crippen molar-refractivity contribution in [3.8, 4) is 11.5 Å². The molecule has 0 bridgehead atoms. The molecule has 0 radical (unpaired) electrons. The first-order chi connectivity index (χ1) is 12.3. The maximum absolute atomic E-state index is 10.8.